The Bertz CT molecular complexity index is 842. The van der Waals surface area contributed by atoms with Crippen molar-refractivity contribution in [3.63, 3.8) is 0 Å². The van der Waals surface area contributed by atoms with E-state index in [4.69, 9.17) is 0 Å². The van der Waals surface area contributed by atoms with Gasteiger partial charge in [-0.05, 0) is 52.2 Å². The summed E-state index contributed by atoms with van der Waals surface area (Å²) in [6, 6.07) is 6.32. The molecule has 0 radical (unpaired) electrons. The highest BCUT2D eigenvalue weighted by molar-refractivity contribution is 5.90. The van der Waals surface area contributed by atoms with Gasteiger partial charge in [-0.25, -0.2) is 19.0 Å². The Morgan fingerprint density at radius 1 is 1.25 bits per heavy atom. The summed E-state index contributed by atoms with van der Waals surface area (Å²) in [7, 11) is 4.10. The lowest BCUT2D eigenvalue weighted by Crippen LogP contribution is -2.16. The van der Waals surface area contributed by atoms with Crippen LogP contribution in [0.25, 0.3) is 16.7 Å². The highest BCUT2D eigenvalue weighted by Gasteiger charge is 2.15. The van der Waals surface area contributed by atoms with Gasteiger partial charge >= 0.3 is 0 Å². The first-order valence-electron chi connectivity index (χ1n) is 7.91. The third-order valence-electron chi connectivity index (χ3n) is 3.77. The fraction of sp³-hybridized carbons (Fsp3) is 0.353. The Labute approximate surface area is 140 Å². The third-order valence-corrected chi connectivity index (χ3v) is 3.77. The van der Waals surface area contributed by atoms with Crippen LogP contribution in [0.3, 0.4) is 0 Å². The van der Waals surface area contributed by atoms with Crippen LogP contribution in [0.5, 0.6) is 0 Å². The van der Waals surface area contributed by atoms with Crippen LogP contribution in [0.1, 0.15) is 12.1 Å². The molecule has 6 nitrogen and oxygen atoms in total. The number of rotatable bonds is 6. The lowest BCUT2D eigenvalue weighted by Gasteiger charge is -2.10. The summed E-state index contributed by atoms with van der Waals surface area (Å²) in [5, 5.41) is 8.74. The normalized spacial score (nSPS) is 11.4. The molecule has 0 fully saturated rings. The number of nitrogens with zero attached hydrogens (tertiary/aromatic N) is 5. The van der Waals surface area contributed by atoms with Gasteiger partial charge in [0.1, 0.15) is 18.0 Å². The average Bonchev–Trinajstić information content (AvgIpc) is 2.89. The van der Waals surface area contributed by atoms with Crippen LogP contribution in [0, 0.1) is 12.7 Å². The lowest BCUT2D eigenvalue weighted by atomic mass is 10.3. The molecule has 2 aromatic heterocycles. The Kier molecular flexibility index (Phi) is 4.71. The molecule has 0 aliphatic carbocycles. The molecule has 0 aliphatic heterocycles. The molecule has 0 spiro atoms. The van der Waals surface area contributed by atoms with Crippen molar-refractivity contribution in [1.29, 1.82) is 0 Å². The zero-order chi connectivity index (χ0) is 17.1. The number of fused-ring (bicyclic) bond motifs is 1. The average molecular weight is 328 g/mol. The smallest absolute Gasteiger partial charge is 0.168 e. The number of nitrogens with one attached hydrogen (secondary N) is 1. The zero-order valence-electron chi connectivity index (χ0n) is 14.1. The van der Waals surface area contributed by atoms with E-state index in [9.17, 15) is 4.39 Å². The maximum absolute atomic E-state index is 13.5. The molecule has 2 heterocycles. The highest BCUT2D eigenvalue weighted by Crippen LogP contribution is 2.25. The molecular formula is C17H21FN6. The van der Waals surface area contributed by atoms with Crippen LogP contribution in [-0.2, 0) is 0 Å². The minimum Gasteiger partial charge on any atom is -0.369 e. The zero-order valence-corrected chi connectivity index (χ0v) is 14.1. The van der Waals surface area contributed by atoms with E-state index in [2.05, 4.69) is 39.4 Å². The second-order valence-corrected chi connectivity index (χ2v) is 5.98. The topological polar surface area (TPSA) is 58.9 Å². The number of benzene rings is 1. The van der Waals surface area contributed by atoms with Gasteiger partial charge in [-0.2, -0.15) is 5.10 Å². The molecule has 1 N–H and O–H groups in total. The van der Waals surface area contributed by atoms with E-state index in [0.29, 0.717) is 11.3 Å². The Balaban J connectivity index is 1.93. The first kappa shape index (κ1) is 16.3. The van der Waals surface area contributed by atoms with Gasteiger partial charge in [-0.3, -0.25) is 0 Å². The monoisotopic (exact) mass is 328 g/mol. The van der Waals surface area contributed by atoms with Crippen molar-refractivity contribution >= 4 is 16.9 Å². The van der Waals surface area contributed by atoms with Crippen molar-refractivity contribution in [2.45, 2.75) is 13.3 Å². The fourth-order valence-electron chi connectivity index (χ4n) is 2.64. The SMILES string of the molecule is Cc1nn(-c2cccc(F)c2)c2ncnc(NCCCN(C)C)c12. The predicted octanol–water partition coefficient (Wildman–Crippen LogP) is 2.63. The molecule has 0 atom stereocenters. The van der Waals surface area contributed by atoms with Gasteiger partial charge in [0.2, 0.25) is 0 Å². The fourth-order valence-corrected chi connectivity index (χ4v) is 2.64. The number of halogens is 1. The Morgan fingerprint density at radius 2 is 2.08 bits per heavy atom. The van der Waals surface area contributed by atoms with Crippen LogP contribution in [0.4, 0.5) is 10.2 Å². The minimum atomic E-state index is -0.301. The molecule has 0 unspecified atom stereocenters. The second kappa shape index (κ2) is 6.92. The second-order valence-electron chi connectivity index (χ2n) is 5.98. The summed E-state index contributed by atoms with van der Waals surface area (Å²) in [4.78, 5) is 10.8. The van der Waals surface area contributed by atoms with Crippen LogP contribution in [0.2, 0.25) is 0 Å². The molecule has 0 saturated carbocycles. The van der Waals surface area contributed by atoms with Crippen LogP contribution in [-0.4, -0.2) is 51.8 Å². The summed E-state index contributed by atoms with van der Waals surface area (Å²) in [6.07, 6.45) is 2.52. The molecule has 126 valence electrons. The molecule has 24 heavy (non-hydrogen) atoms. The third kappa shape index (κ3) is 3.35. The number of hydrogen-bond acceptors (Lipinski definition) is 5. The van der Waals surface area contributed by atoms with Gasteiger partial charge in [0.15, 0.2) is 5.65 Å². The van der Waals surface area contributed by atoms with Gasteiger partial charge in [0.25, 0.3) is 0 Å². The van der Waals surface area contributed by atoms with E-state index in [1.54, 1.807) is 16.8 Å². The van der Waals surface area contributed by atoms with Gasteiger partial charge in [0, 0.05) is 6.54 Å². The molecule has 0 amide bonds. The first-order valence-corrected chi connectivity index (χ1v) is 7.91. The van der Waals surface area contributed by atoms with Crippen LogP contribution >= 0.6 is 0 Å². The maximum Gasteiger partial charge on any atom is 0.168 e. The van der Waals surface area contributed by atoms with E-state index in [-0.39, 0.29) is 5.82 Å². The van der Waals surface area contributed by atoms with Crippen molar-refractivity contribution in [3.05, 3.63) is 42.1 Å². The largest absolute Gasteiger partial charge is 0.369 e. The molecule has 7 heteroatoms. The number of aryl methyl sites for hydroxylation is 1. The Morgan fingerprint density at radius 3 is 2.83 bits per heavy atom. The van der Waals surface area contributed by atoms with E-state index >= 15 is 0 Å². The van der Waals surface area contributed by atoms with Gasteiger partial charge < -0.3 is 10.2 Å². The van der Waals surface area contributed by atoms with Gasteiger partial charge in [-0.15, -0.1) is 0 Å². The maximum atomic E-state index is 13.5. The van der Waals surface area contributed by atoms with E-state index in [0.717, 1.165) is 36.4 Å². The van der Waals surface area contributed by atoms with Crippen LogP contribution in [0.15, 0.2) is 30.6 Å². The first-order chi connectivity index (χ1) is 11.6. The summed E-state index contributed by atoms with van der Waals surface area (Å²) in [6.45, 7) is 3.73. The molecule has 3 rings (SSSR count). The summed E-state index contributed by atoms with van der Waals surface area (Å²) >= 11 is 0. The van der Waals surface area contributed by atoms with E-state index in [1.807, 2.05) is 6.92 Å². The number of hydrogen-bond donors (Lipinski definition) is 1. The molecule has 0 aliphatic rings. The standard InChI is InChI=1S/C17H21FN6/c1-12-15-16(19-8-5-9-23(2)3)20-11-21-17(15)24(22-12)14-7-4-6-13(18)10-14/h4,6-7,10-11H,5,8-9H2,1-3H3,(H,19,20,21). The molecule has 0 saturated heterocycles. The van der Waals surface area contributed by atoms with Crippen molar-refractivity contribution in [1.82, 2.24) is 24.6 Å². The van der Waals surface area contributed by atoms with Gasteiger partial charge in [0.05, 0.1) is 16.8 Å². The van der Waals surface area contributed by atoms with E-state index < -0.39 is 0 Å². The molecular weight excluding hydrogens is 307 g/mol. The quantitative estimate of drug-likeness (QED) is 0.705. The van der Waals surface area contributed by atoms with Crippen molar-refractivity contribution in [2.24, 2.45) is 0 Å². The molecule has 0 bridgehead atoms. The summed E-state index contributed by atoms with van der Waals surface area (Å²) in [5.74, 6) is 0.462. The van der Waals surface area contributed by atoms with E-state index in [1.165, 1.54) is 18.5 Å². The predicted molar refractivity (Wildman–Crippen MR) is 93.0 cm³/mol. The number of aromatic nitrogens is 4. The van der Waals surface area contributed by atoms with Gasteiger partial charge in [-0.1, -0.05) is 6.07 Å². The highest BCUT2D eigenvalue weighted by atomic mass is 19.1. The van der Waals surface area contributed by atoms with Crippen molar-refractivity contribution in [3.8, 4) is 5.69 Å². The molecule has 3 aromatic rings. The van der Waals surface area contributed by atoms with Crippen molar-refractivity contribution < 1.29 is 4.39 Å². The summed E-state index contributed by atoms with van der Waals surface area (Å²) < 4.78 is 15.2. The number of anilines is 1. The lowest BCUT2D eigenvalue weighted by molar-refractivity contribution is 0.405. The minimum absolute atomic E-state index is 0.301. The summed E-state index contributed by atoms with van der Waals surface area (Å²) in [5.41, 5.74) is 2.12. The van der Waals surface area contributed by atoms with Crippen molar-refractivity contribution in [2.75, 3.05) is 32.5 Å². The van der Waals surface area contributed by atoms with Crippen LogP contribution < -0.4 is 5.32 Å². The molecule has 1 aromatic carbocycles. The Hall–Kier alpha value is -2.54.